The molecule has 0 aliphatic heterocycles. The largest absolute Gasteiger partial charge is 0.511 e. The number of benzene rings is 1. The van der Waals surface area contributed by atoms with Crippen molar-refractivity contribution in [2.45, 2.75) is 11.8 Å². The maximum atomic E-state index is 11.8. The van der Waals surface area contributed by atoms with Crippen molar-refractivity contribution in [3.8, 4) is 11.4 Å². The van der Waals surface area contributed by atoms with Crippen molar-refractivity contribution in [3.63, 3.8) is 0 Å². The van der Waals surface area contributed by atoms with Crippen LogP contribution in [0.15, 0.2) is 41.1 Å². The number of H-pyrrole nitrogens is 1. The highest BCUT2D eigenvalue weighted by molar-refractivity contribution is 7.89. The van der Waals surface area contributed by atoms with Crippen molar-refractivity contribution in [1.29, 1.82) is 0 Å². The summed E-state index contributed by atoms with van der Waals surface area (Å²) < 4.78 is 25.8. The molecule has 2 rings (SSSR count). The van der Waals surface area contributed by atoms with Crippen molar-refractivity contribution >= 4 is 10.0 Å². The summed E-state index contributed by atoms with van der Waals surface area (Å²) in [5.41, 5.74) is 0.640. The minimum atomic E-state index is -3.69. The van der Waals surface area contributed by atoms with E-state index in [9.17, 15) is 8.42 Å². The number of tetrazole rings is 1. The lowest BCUT2D eigenvalue weighted by atomic mass is 10.2. The molecule has 2 aromatic rings. The first kappa shape index (κ1) is 13.0. The van der Waals surface area contributed by atoms with Crippen LogP contribution < -0.4 is 4.72 Å². The third-order valence-corrected chi connectivity index (χ3v) is 3.51. The van der Waals surface area contributed by atoms with Gasteiger partial charge in [-0.25, -0.2) is 8.42 Å². The van der Waals surface area contributed by atoms with Gasteiger partial charge in [0.05, 0.1) is 4.90 Å². The van der Waals surface area contributed by atoms with E-state index in [1.54, 1.807) is 12.1 Å². The molecule has 0 amide bonds. The van der Waals surface area contributed by atoms with Crippen LogP contribution in [-0.2, 0) is 10.0 Å². The molecule has 100 valence electrons. The molecule has 0 spiro atoms. The third kappa shape index (κ3) is 3.07. The van der Waals surface area contributed by atoms with Crippen LogP contribution in [0.2, 0.25) is 0 Å². The van der Waals surface area contributed by atoms with E-state index < -0.39 is 10.0 Å². The highest BCUT2D eigenvalue weighted by atomic mass is 32.2. The summed E-state index contributed by atoms with van der Waals surface area (Å²) in [6, 6.07) is 5.95. The normalized spacial score (nSPS) is 12.4. The first-order valence-electron chi connectivity index (χ1n) is 5.21. The van der Waals surface area contributed by atoms with Crippen LogP contribution in [0.1, 0.15) is 6.92 Å². The Balaban J connectivity index is 2.26. The molecule has 0 aliphatic rings. The Bertz CT molecular complexity index is 672. The van der Waals surface area contributed by atoms with Crippen LogP contribution in [0.4, 0.5) is 0 Å². The Morgan fingerprint density at radius 1 is 1.37 bits per heavy atom. The van der Waals surface area contributed by atoms with Crippen molar-refractivity contribution in [2.24, 2.45) is 0 Å². The van der Waals surface area contributed by atoms with Gasteiger partial charge in [0.2, 0.25) is 5.82 Å². The van der Waals surface area contributed by atoms with Gasteiger partial charge in [-0.05, 0) is 36.4 Å². The number of sulfonamides is 1. The number of nitrogens with zero attached hydrogens (tertiary/aromatic N) is 3. The smallest absolute Gasteiger partial charge is 0.261 e. The zero-order valence-electron chi connectivity index (χ0n) is 9.90. The van der Waals surface area contributed by atoms with Gasteiger partial charge in [-0.15, -0.1) is 10.2 Å². The van der Waals surface area contributed by atoms with Gasteiger partial charge in [0.1, 0.15) is 5.76 Å². The maximum Gasteiger partial charge on any atom is 0.261 e. The van der Waals surface area contributed by atoms with E-state index in [-0.39, 0.29) is 10.7 Å². The van der Waals surface area contributed by atoms with Gasteiger partial charge in [0, 0.05) is 11.8 Å². The standard InChI is InChI=1S/C10H11N5O3S/c1-7(16)6-11-19(17,18)9-4-2-8(3-5-9)10-12-14-15-13-10/h2-6,11,16H,1H3,(H,12,13,14,15)/b7-6+. The summed E-state index contributed by atoms with van der Waals surface area (Å²) in [5.74, 6) is 0.245. The summed E-state index contributed by atoms with van der Waals surface area (Å²) in [7, 11) is -3.69. The molecule has 0 saturated heterocycles. The molecule has 8 nitrogen and oxygen atoms in total. The molecule has 1 aromatic heterocycles. The molecule has 0 atom stereocenters. The lowest BCUT2D eigenvalue weighted by Gasteiger charge is -2.04. The minimum absolute atomic E-state index is 0.0669. The lowest BCUT2D eigenvalue weighted by molar-refractivity contribution is 0.411. The van der Waals surface area contributed by atoms with Gasteiger partial charge >= 0.3 is 0 Å². The average Bonchev–Trinajstić information content (AvgIpc) is 2.91. The van der Waals surface area contributed by atoms with Crippen LogP contribution in [-0.4, -0.2) is 34.1 Å². The summed E-state index contributed by atoms with van der Waals surface area (Å²) in [6.07, 6.45) is 1.00. The Labute approximate surface area is 109 Å². The van der Waals surface area contributed by atoms with E-state index in [1.165, 1.54) is 19.1 Å². The Morgan fingerprint density at radius 2 is 2.05 bits per heavy atom. The number of aromatic amines is 1. The average molecular weight is 281 g/mol. The Kier molecular flexibility index (Phi) is 3.47. The number of allylic oxidation sites excluding steroid dienone is 1. The maximum absolute atomic E-state index is 11.8. The molecular formula is C10H11N5O3S. The van der Waals surface area contributed by atoms with E-state index in [2.05, 4.69) is 25.3 Å². The molecule has 3 N–H and O–H groups in total. The fourth-order valence-electron chi connectivity index (χ4n) is 1.30. The SMILES string of the molecule is C/C(O)=C\NS(=O)(=O)c1ccc(-c2nn[nH]n2)cc1. The fraction of sp³-hybridized carbons (Fsp3) is 0.100. The van der Waals surface area contributed by atoms with E-state index in [0.717, 1.165) is 6.20 Å². The summed E-state index contributed by atoms with van der Waals surface area (Å²) >= 11 is 0. The first-order valence-corrected chi connectivity index (χ1v) is 6.69. The van der Waals surface area contributed by atoms with Gasteiger partial charge in [-0.3, -0.25) is 4.72 Å². The number of aromatic nitrogens is 4. The molecule has 0 unspecified atom stereocenters. The summed E-state index contributed by atoms with van der Waals surface area (Å²) in [6.45, 7) is 1.36. The highest BCUT2D eigenvalue weighted by Gasteiger charge is 2.12. The topological polar surface area (TPSA) is 121 Å². The van der Waals surface area contributed by atoms with Gasteiger partial charge in [0.25, 0.3) is 10.0 Å². The van der Waals surface area contributed by atoms with Gasteiger partial charge in [-0.1, -0.05) is 0 Å². The van der Waals surface area contributed by atoms with Gasteiger partial charge in [0.15, 0.2) is 0 Å². The molecule has 0 bridgehead atoms. The molecule has 0 aliphatic carbocycles. The van der Waals surface area contributed by atoms with Gasteiger partial charge in [-0.2, -0.15) is 5.21 Å². The van der Waals surface area contributed by atoms with E-state index in [4.69, 9.17) is 5.11 Å². The van der Waals surface area contributed by atoms with Crippen LogP contribution >= 0.6 is 0 Å². The second-order valence-corrected chi connectivity index (χ2v) is 5.38. The van der Waals surface area contributed by atoms with E-state index in [0.29, 0.717) is 11.4 Å². The van der Waals surface area contributed by atoms with Crippen molar-refractivity contribution in [3.05, 3.63) is 36.2 Å². The number of hydrogen-bond donors (Lipinski definition) is 3. The Hall–Kier alpha value is -2.42. The third-order valence-electron chi connectivity index (χ3n) is 2.19. The number of nitrogens with one attached hydrogen (secondary N) is 2. The van der Waals surface area contributed by atoms with Crippen LogP contribution in [0, 0.1) is 0 Å². The van der Waals surface area contributed by atoms with Crippen molar-refractivity contribution in [2.75, 3.05) is 0 Å². The van der Waals surface area contributed by atoms with Gasteiger partial charge < -0.3 is 5.11 Å². The molecule has 1 aromatic carbocycles. The molecule has 19 heavy (non-hydrogen) atoms. The number of hydrogen-bond acceptors (Lipinski definition) is 6. The van der Waals surface area contributed by atoms with E-state index in [1.807, 2.05) is 0 Å². The van der Waals surface area contributed by atoms with Crippen LogP contribution in [0.3, 0.4) is 0 Å². The zero-order valence-corrected chi connectivity index (χ0v) is 10.7. The Morgan fingerprint density at radius 3 is 2.58 bits per heavy atom. The molecular weight excluding hydrogens is 270 g/mol. The lowest BCUT2D eigenvalue weighted by Crippen LogP contribution is -2.18. The summed E-state index contributed by atoms with van der Waals surface area (Å²) in [4.78, 5) is 0.0669. The number of rotatable bonds is 4. The number of aliphatic hydroxyl groups excluding tert-OH is 1. The van der Waals surface area contributed by atoms with Crippen LogP contribution in [0.25, 0.3) is 11.4 Å². The highest BCUT2D eigenvalue weighted by Crippen LogP contribution is 2.16. The molecule has 0 fully saturated rings. The monoisotopic (exact) mass is 281 g/mol. The number of aliphatic hydroxyl groups is 1. The predicted molar refractivity (Wildman–Crippen MR) is 66.3 cm³/mol. The first-order chi connectivity index (χ1) is 8.99. The summed E-state index contributed by atoms with van der Waals surface area (Å²) in [5, 5.41) is 22.2. The fourth-order valence-corrected chi connectivity index (χ4v) is 2.25. The van der Waals surface area contributed by atoms with E-state index >= 15 is 0 Å². The second kappa shape index (κ2) is 5.06. The molecule has 0 saturated carbocycles. The molecule has 0 radical (unpaired) electrons. The molecule has 9 heteroatoms. The minimum Gasteiger partial charge on any atom is -0.511 e. The van der Waals surface area contributed by atoms with Crippen molar-refractivity contribution < 1.29 is 13.5 Å². The quantitative estimate of drug-likeness (QED) is 0.704. The predicted octanol–water partition coefficient (Wildman–Crippen LogP) is 0.564. The van der Waals surface area contributed by atoms with Crippen LogP contribution in [0.5, 0.6) is 0 Å². The molecule has 1 heterocycles. The van der Waals surface area contributed by atoms with Crippen molar-refractivity contribution in [1.82, 2.24) is 25.3 Å². The zero-order chi connectivity index (χ0) is 13.9. The second-order valence-electron chi connectivity index (χ2n) is 3.67.